The molecule has 2 heterocycles. The van der Waals surface area contributed by atoms with Crippen LogP contribution in [-0.2, 0) is 21.8 Å². The second-order valence-electron chi connectivity index (χ2n) is 7.92. The first-order valence-corrected chi connectivity index (χ1v) is 12.4. The average molecular weight is 484 g/mol. The monoisotopic (exact) mass is 483 g/mol. The molecule has 1 aromatic heterocycles. The topological polar surface area (TPSA) is 96.8 Å². The normalized spacial score (nSPS) is 15.3. The van der Waals surface area contributed by atoms with Gasteiger partial charge in [-0.25, -0.2) is 8.42 Å². The van der Waals surface area contributed by atoms with Crippen LogP contribution in [0.25, 0.3) is 0 Å². The zero-order valence-corrected chi connectivity index (χ0v) is 20.2. The number of nitrogens with one attached hydrogen (secondary N) is 1. The van der Waals surface area contributed by atoms with Gasteiger partial charge < -0.3 is 15.0 Å². The lowest BCUT2D eigenvalue weighted by Crippen LogP contribution is -2.49. The number of hydrogen-bond donors (Lipinski definition) is 1. The number of anilines is 1. The second-order valence-corrected chi connectivity index (χ2v) is 10.2. The summed E-state index contributed by atoms with van der Waals surface area (Å²) in [5, 5.41) is 7.29. The number of hydrogen-bond acceptors (Lipinski definition) is 6. The van der Waals surface area contributed by atoms with Crippen LogP contribution in [0.2, 0.25) is 5.02 Å². The smallest absolute Gasteiger partial charge is 0.263 e. The molecule has 2 aromatic rings. The van der Waals surface area contributed by atoms with E-state index in [1.54, 1.807) is 13.1 Å². The second kappa shape index (κ2) is 10.7. The molecule has 0 saturated carbocycles. The molecule has 1 aliphatic heterocycles. The maximum Gasteiger partial charge on any atom is 0.263 e. The first-order chi connectivity index (χ1) is 15.2. The van der Waals surface area contributed by atoms with Crippen molar-refractivity contribution >= 4 is 33.2 Å². The first-order valence-electron chi connectivity index (χ1n) is 10.6. The number of ether oxygens (including phenoxy) is 1. The highest BCUT2D eigenvalue weighted by atomic mass is 35.5. The number of amides is 1. The van der Waals surface area contributed by atoms with Gasteiger partial charge in [0.1, 0.15) is 0 Å². The van der Waals surface area contributed by atoms with Gasteiger partial charge in [0.15, 0.2) is 0 Å². The van der Waals surface area contributed by atoms with Crippen LogP contribution in [0.15, 0.2) is 35.5 Å². The van der Waals surface area contributed by atoms with Crippen LogP contribution in [0.5, 0.6) is 0 Å². The Morgan fingerprint density at radius 2 is 1.97 bits per heavy atom. The maximum atomic E-state index is 13.3. The van der Waals surface area contributed by atoms with Gasteiger partial charge in [-0.05, 0) is 38.5 Å². The summed E-state index contributed by atoms with van der Waals surface area (Å²) in [5.41, 5.74) is 1.00. The molecular formula is C21H30ClN5O4S. The third kappa shape index (κ3) is 6.00. The highest BCUT2D eigenvalue weighted by Crippen LogP contribution is 2.24. The quantitative estimate of drug-likeness (QED) is 0.549. The molecule has 1 aliphatic rings. The van der Waals surface area contributed by atoms with E-state index in [2.05, 4.69) is 15.3 Å². The van der Waals surface area contributed by atoms with Crippen molar-refractivity contribution in [2.75, 3.05) is 44.2 Å². The average Bonchev–Trinajstić information content (AvgIpc) is 3.16. The van der Waals surface area contributed by atoms with E-state index in [0.717, 1.165) is 5.69 Å². The van der Waals surface area contributed by atoms with Crippen LogP contribution in [0.4, 0.5) is 5.69 Å². The number of piperazine rings is 1. The standard InChI is InChI=1S/C21H30ClN5O4S/c1-16(2)31-13-5-8-23-20(28)19-15-25(3)24-21(19)32(29,30)27-11-9-26(10-12-27)18-7-4-6-17(22)14-18/h4,6-7,14-16H,5,8-13H2,1-3H3,(H,23,28). The molecule has 0 spiro atoms. The van der Waals surface area contributed by atoms with Crippen LogP contribution >= 0.6 is 11.6 Å². The van der Waals surface area contributed by atoms with Crippen LogP contribution in [0, 0.1) is 0 Å². The van der Waals surface area contributed by atoms with Crippen LogP contribution in [0.3, 0.4) is 0 Å². The van der Waals surface area contributed by atoms with Crippen LogP contribution in [-0.4, -0.2) is 73.8 Å². The Labute approximate surface area is 194 Å². The van der Waals surface area contributed by atoms with Crippen molar-refractivity contribution in [3.8, 4) is 0 Å². The molecule has 1 N–H and O–H groups in total. The summed E-state index contributed by atoms with van der Waals surface area (Å²) >= 11 is 6.07. The number of halogens is 1. The van der Waals surface area contributed by atoms with Gasteiger partial charge in [-0.1, -0.05) is 17.7 Å². The summed E-state index contributed by atoms with van der Waals surface area (Å²) in [6.45, 7) is 6.41. The van der Waals surface area contributed by atoms with Crippen molar-refractivity contribution in [3.05, 3.63) is 41.0 Å². The zero-order chi connectivity index (χ0) is 23.3. The molecule has 1 fully saturated rings. The van der Waals surface area contributed by atoms with Gasteiger partial charge in [0, 0.05) is 63.3 Å². The Morgan fingerprint density at radius 3 is 2.62 bits per heavy atom. The maximum absolute atomic E-state index is 13.3. The van der Waals surface area contributed by atoms with Gasteiger partial charge in [-0.15, -0.1) is 0 Å². The Bertz CT molecular complexity index is 1030. The summed E-state index contributed by atoms with van der Waals surface area (Å²) in [6.07, 6.45) is 2.20. The largest absolute Gasteiger partial charge is 0.379 e. The molecular weight excluding hydrogens is 454 g/mol. The minimum atomic E-state index is -3.91. The number of sulfonamides is 1. The molecule has 0 bridgehead atoms. The van der Waals surface area contributed by atoms with Gasteiger partial charge in [0.05, 0.1) is 11.7 Å². The molecule has 32 heavy (non-hydrogen) atoms. The van der Waals surface area contributed by atoms with Gasteiger partial charge in [0.25, 0.3) is 15.9 Å². The Kier molecular flexibility index (Phi) is 8.16. The number of carbonyl (C=O) groups excluding carboxylic acids is 1. The summed E-state index contributed by atoms with van der Waals surface area (Å²) in [4.78, 5) is 14.8. The third-order valence-corrected chi connectivity index (χ3v) is 7.16. The summed E-state index contributed by atoms with van der Waals surface area (Å²) in [5.74, 6) is -0.459. The van der Waals surface area contributed by atoms with E-state index in [4.69, 9.17) is 16.3 Å². The number of rotatable bonds is 9. The molecule has 11 heteroatoms. The van der Waals surface area contributed by atoms with Crippen molar-refractivity contribution in [2.24, 2.45) is 7.05 Å². The fraction of sp³-hybridized carbons (Fsp3) is 0.524. The SMILES string of the molecule is CC(C)OCCCNC(=O)c1cn(C)nc1S(=O)(=O)N1CCN(c2cccc(Cl)c2)CC1. The summed E-state index contributed by atoms with van der Waals surface area (Å²) in [6, 6.07) is 7.48. The summed E-state index contributed by atoms with van der Waals surface area (Å²) < 4.78 is 34.8. The number of nitrogens with zero attached hydrogens (tertiary/aromatic N) is 4. The number of benzene rings is 1. The molecule has 0 atom stereocenters. The number of aromatic nitrogens is 2. The minimum absolute atomic E-state index is 0.0505. The van der Waals surface area contributed by atoms with Gasteiger partial charge >= 0.3 is 0 Å². The van der Waals surface area contributed by atoms with Crippen molar-refractivity contribution in [1.29, 1.82) is 0 Å². The van der Waals surface area contributed by atoms with E-state index in [1.165, 1.54) is 15.2 Å². The zero-order valence-electron chi connectivity index (χ0n) is 18.6. The van der Waals surface area contributed by atoms with Crippen molar-refractivity contribution in [3.63, 3.8) is 0 Å². The number of aryl methyl sites for hydroxylation is 1. The van der Waals surface area contributed by atoms with Crippen molar-refractivity contribution in [2.45, 2.75) is 31.4 Å². The first kappa shape index (κ1) is 24.5. The lowest BCUT2D eigenvalue weighted by Gasteiger charge is -2.35. The molecule has 176 valence electrons. The van der Waals surface area contributed by atoms with Crippen LogP contribution in [0.1, 0.15) is 30.6 Å². The predicted octanol–water partition coefficient (Wildman–Crippen LogP) is 2.13. The van der Waals surface area contributed by atoms with Gasteiger partial charge in [0.2, 0.25) is 5.03 Å². The predicted molar refractivity (Wildman–Crippen MR) is 124 cm³/mol. The van der Waals surface area contributed by atoms with Gasteiger partial charge in [-0.3, -0.25) is 9.48 Å². The van der Waals surface area contributed by atoms with E-state index in [0.29, 0.717) is 50.8 Å². The highest BCUT2D eigenvalue weighted by Gasteiger charge is 2.34. The van der Waals surface area contributed by atoms with E-state index >= 15 is 0 Å². The molecule has 9 nitrogen and oxygen atoms in total. The Balaban J connectivity index is 1.65. The van der Waals surface area contributed by atoms with Crippen LogP contribution < -0.4 is 10.2 Å². The molecule has 0 radical (unpaired) electrons. The molecule has 0 aliphatic carbocycles. The fourth-order valence-corrected chi connectivity index (χ4v) is 5.21. The molecule has 1 amide bonds. The lowest BCUT2D eigenvalue weighted by atomic mass is 10.2. The van der Waals surface area contributed by atoms with Crippen molar-refractivity contribution < 1.29 is 17.9 Å². The fourth-order valence-electron chi connectivity index (χ4n) is 3.48. The van der Waals surface area contributed by atoms with E-state index in [9.17, 15) is 13.2 Å². The number of carbonyl (C=O) groups is 1. The molecule has 0 unspecified atom stereocenters. The van der Waals surface area contributed by atoms with E-state index in [-0.39, 0.29) is 16.7 Å². The lowest BCUT2D eigenvalue weighted by molar-refractivity contribution is 0.0756. The van der Waals surface area contributed by atoms with E-state index < -0.39 is 15.9 Å². The van der Waals surface area contributed by atoms with E-state index in [1.807, 2.05) is 32.0 Å². The Hall–Kier alpha value is -2.14. The summed E-state index contributed by atoms with van der Waals surface area (Å²) in [7, 11) is -2.31. The van der Waals surface area contributed by atoms with Gasteiger partial charge in [-0.2, -0.15) is 9.40 Å². The third-order valence-electron chi connectivity index (χ3n) is 5.09. The molecule has 1 aromatic carbocycles. The molecule has 1 saturated heterocycles. The highest BCUT2D eigenvalue weighted by molar-refractivity contribution is 7.89. The minimum Gasteiger partial charge on any atom is -0.379 e. The Morgan fingerprint density at radius 1 is 1.25 bits per heavy atom. The molecule has 3 rings (SSSR count). The van der Waals surface area contributed by atoms with Crippen molar-refractivity contribution in [1.82, 2.24) is 19.4 Å².